The van der Waals surface area contributed by atoms with Crippen molar-refractivity contribution in [2.24, 2.45) is 17.8 Å². The molecule has 1 N–H and O–H groups in total. The van der Waals surface area contributed by atoms with Crippen molar-refractivity contribution in [2.75, 3.05) is 13.1 Å². The topological polar surface area (TPSA) is 46.4 Å². The zero-order chi connectivity index (χ0) is 15.5. The van der Waals surface area contributed by atoms with Crippen LogP contribution in [0.4, 0.5) is 0 Å². The molecule has 1 aliphatic carbocycles. The molecular weight excluding hydrogens is 274 g/mol. The van der Waals surface area contributed by atoms with Gasteiger partial charge in [0.2, 0.25) is 0 Å². The number of Topliss-reactive ketones (excluding diaryl/α,β-unsaturated/α-hetero) is 1. The second-order valence-electron chi connectivity index (χ2n) is 7.57. The van der Waals surface area contributed by atoms with Crippen LogP contribution < -0.4 is 5.32 Å². The van der Waals surface area contributed by atoms with Crippen molar-refractivity contribution in [1.29, 1.82) is 0 Å². The van der Waals surface area contributed by atoms with Gasteiger partial charge in [-0.15, -0.1) is 0 Å². The number of aryl methyl sites for hydroxylation is 1. The third kappa shape index (κ3) is 2.01. The van der Waals surface area contributed by atoms with Crippen LogP contribution in [0, 0.1) is 24.7 Å². The molecule has 2 aromatic heterocycles. The number of rotatable bonds is 4. The van der Waals surface area contributed by atoms with Crippen LogP contribution in [-0.4, -0.2) is 28.3 Å². The summed E-state index contributed by atoms with van der Waals surface area (Å²) in [7, 11) is 0. The van der Waals surface area contributed by atoms with Gasteiger partial charge in [0.25, 0.3) is 0 Å². The molecule has 3 atom stereocenters. The first kappa shape index (κ1) is 13.9. The molecule has 116 valence electrons. The van der Waals surface area contributed by atoms with Crippen molar-refractivity contribution in [3.63, 3.8) is 0 Å². The molecule has 0 bridgehead atoms. The Morgan fingerprint density at radius 1 is 1.41 bits per heavy atom. The molecule has 2 aliphatic rings. The first-order valence-electron chi connectivity index (χ1n) is 8.15. The molecule has 0 radical (unpaired) electrons. The highest BCUT2D eigenvalue weighted by Crippen LogP contribution is 2.50. The van der Waals surface area contributed by atoms with E-state index in [4.69, 9.17) is 0 Å². The first-order valence-corrected chi connectivity index (χ1v) is 8.15. The van der Waals surface area contributed by atoms with Crippen molar-refractivity contribution < 1.29 is 4.79 Å². The summed E-state index contributed by atoms with van der Waals surface area (Å²) in [5, 5.41) is 3.36. The SMILES string of the molecule is Cc1cccn2c(C(C)(C)CC(=O)C3[C@H]4CNC[C@@H]34)ncc12. The number of nitrogens with zero attached hydrogens (tertiary/aromatic N) is 2. The molecule has 4 rings (SSSR count). The van der Waals surface area contributed by atoms with Crippen LogP contribution in [0.2, 0.25) is 0 Å². The molecule has 0 spiro atoms. The van der Waals surface area contributed by atoms with Gasteiger partial charge in [-0.05, 0) is 43.5 Å². The maximum absolute atomic E-state index is 12.7. The predicted molar refractivity (Wildman–Crippen MR) is 85.9 cm³/mol. The van der Waals surface area contributed by atoms with E-state index in [1.54, 1.807) is 0 Å². The number of fused-ring (bicyclic) bond motifs is 2. The van der Waals surface area contributed by atoms with Gasteiger partial charge >= 0.3 is 0 Å². The number of carbonyl (C=O) groups excluding carboxylic acids is 1. The molecule has 1 aliphatic heterocycles. The van der Waals surface area contributed by atoms with E-state index in [0.29, 0.717) is 30.0 Å². The summed E-state index contributed by atoms with van der Waals surface area (Å²) in [6.07, 6.45) is 4.55. The highest BCUT2D eigenvalue weighted by atomic mass is 16.1. The van der Waals surface area contributed by atoms with E-state index in [9.17, 15) is 4.79 Å². The zero-order valence-electron chi connectivity index (χ0n) is 13.5. The van der Waals surface area contributed by atoms with Crippen molar-refractivity contribution in [3.8, 4) is 0 Å². The van der Waals surface area contributed by atoms with Crippen molar-refractivity contribution >= 4 is 11.3 Å². The van der Waals surface area contributed by atoms with Gasteiger partial charge in [0.15, 0.2) is 0 Å². The van der Waals surface area contributed by atoms with E-state index in [0.717, 1.165) is 24.4 Å². The van der Waals surface area contributed by atoms with Crippen LogP contribution in [0.3, 0.4) is 0 Å². The summed E-state index contributed by atoms with van der Waals surface area (Å²) in [6, 6.07) is 4.14. The molecular formula is C18H23N3O. The minimum absolute atomic E-state index is 0.235. The van der Waals surface area contributed by atoms with Gasteiger partial charge in [0, 0.05) is 24.0 Å². The van der Waals surface area contributed by atoms with Gasteiger partial charge < -0.3 is 9.72 Å². The Morgan fingerprint density at radius 3 is 2.86 bits per heavy atom. The summed E-state index contributed by atoms with van der Waals surface area (Å²) in [5.74, 6) is 2.91. The Morgan fingerprint density at radius 2 is 2.14 bits per heavy atom. The highest BCUT2D eigenvalue weighted by Gasteiger charge is 2.56. The van der Waals surface area contributed by atoms with Gasteiger partial charge in [-0.1, -0.05) is 19.9 Å². The summed E-state index contributed by atoms with van der Waals surface area (Å²) < 4.78 is 2.14. The van der Waals surface area contributed by atoms with Crippen LogP contribution in [0.15, 0.2) is 24.5 Å². The summed E-state index contributed by atoms with van der Waals surface area (Å²) in [4.78, 5) is 17.3. The lowest BCUT2D eigenvalue weighted by atomic mass is 9.84. The molecule has 1 saturated heterocycles. The van der Waals surface area contributed by atoms with Gasteiger partial charge in [0.05, 0.1) is 11.7 Å². The largest absolute Gasteiger partial charge is 0.316 e. The standard InChI is InChI=1S/C18H23N3O/c1-11-5-4-6-21-14(11)10-20-17(21)18(2,3)7-15(22)16-12-8-19-9-13(12)16/h4-6,10,12-13,16,19H,7-9H2,1-3H3/t12-,13+,16?. The molecule has 2 aromatic rings. The Labute approximate surface area is 130 Å². The average molecular weight is 297 g/mol. The van der Waals surface area contributed by atoms with E-state index < -0.39 is 0 Å². The Hall–Kier alpha value is -1.68. The van der Waals surface area contributed by atoms with Gasteiger partial charge in [-0.3, -0.25) is 4.79 Å². The number of hydrogen-bond acceptors (Lipinski definition) is 3. The minimum atomic E-state index is -0.235. The second kappa shape index (κ2) is 4.66. The Balaban J connectivity index is 1.59. The van der Waals surface area contributed by atoms with E-state index in [1.165, 1.54) is 5.56 Å². The number of carbonyl (C=O) groups is 1. The van der Waals surface area contributed by atoms with Crippen LogP contribution >= 0.6 is 0 Å². The predicted octanol–water partition coefficient (Wildman–Crippen LogP) is 2.34. The van der Waals surface area contributed by atoms with Crippen LogP contribution in [-0.2, 0) is 10.2 Å². The number of piperidine rings is 1. The van der Waals surface area contributed by atoms with Gasteiger partial charge in [-0.2, -0.15) is 0 Å². The second-order valence-corrected chi connectivity index (χ2v) is 7.57. The summed E-state index contributed by atoms with van der Waals surface area (Å²) in [6.45, 7) is 8.41. The van der Waals surface area contributed by atoms with Crippen molar-refractivity contribution in [2.45, 2.75) is 32.6 Å². The number of pyridine rings is 1. The molecule has 2 fully saturated rings. The monoisotopic (exact) mass is 297 g/mol. The fraction of sp³-hybridized carbons (Fsp3) is 0.556. The fourth-order valence-corrected chi connectivity index (χ4v) is 4.19. The van der Waals surface area contributed by atoms with Crippen LogP contribution in [0.1, 0.15) is 31.7 Å². The number of aromatic nitrogens is 2. The molecule has 22 heavy (non-hydrogen) atoms. The minimum Gasteiger partial charge on any atom is -0.316 e. The lowest BCUT2D eigenvalue weighted by Crippen LogP contribution is -2.28. The van der Waals surface area contributed by atoms with Crippen LogP contribution in [0.25, 0.3) is 5.52 Å². The first-order chi connectivity index (χ1) is 10.5. The third-order valence-electron chi connectivity index (χ3n) is 5.47. The number of nitrogens with one attached hydrogen (secondary N) is 1. The maximum Gasteiger partial charge on any atom is 0.137 e. The quantitative estimate of drug-likeness (QED) is 0.942. The summed E-state index contributed by atoms with van der Waals surface area (Å²) >= 11 is 0. The highest BCUT2D eigenvalue weighted by molar-refractivity contribution is 5.85. The smallest absolute Gasteiger partial charge is 0.137 e. The normalized spacial score (nSPS) is 27.1. The lowest BCUT2D eigenvalue weighted by molar-refractivity contribution is -0.122. The van der Waals surface area contributed by atoms with E-state index >= 15 is 0 Å². The Kier molecular flexibility index (Phi) is 2.95. The fourth-order valence-electron chi connectivity index (χ4n) is 4.19. The molecule has 3 heterocycles. The van der Waals surface area contributed by atoms with Crippen LogP contribution in [0.5, 0.6) is 0 Å². The van der Waals surface area contributed by atoms with Crippen molar-refractivity contribution in [1.82, 2.24) is 14.7 Å². The van der Waals surface area contributed by atoms with Gasteiger partial charge in [0.1, 0.15) is 11.6 Å². The van der Waals surface area contributed by atoms with E-state index in [1.807, 2.05) is 18.5 Å². The molecule has 0 aromatic carbocycles. The molecule has 1 saturated carbocycles. The van der Waals surface area contributed by atoms with E-state index in [2.05, 4.69) is 41.5 Å². The Bertz CT molecular complexity index is 736. The zero-order valence-corrected chi connectivity index (χ0v) is 13.5. The third-order valence-corrected chi connectivity index (χ3v) is 5.47. The lowest BCUT2D eigenvalue weighted by Gasteiger charge is -2.23. The van der Waals surface area contributed by atoms with Gasteiger partial charge in [-0.25, -0.2) is 4.98 Å². The molecule has 0 amide bonds. The number of hydrogen-bond donors (Lipinski definition) is 1. The molecule has 1 unspecified atom stereocenters. The molecule has 4 heteroatoms. The number of ketones is 1. The maximum atomic E-state index is 12.7. The van der Waals surface area contributed by atoms with Crippen molar-refractivity contribution in [3.05, 3.63) is 35.9 Å². The van der Waals surface area contributed by atoms with E-state index in [-0.39, 0.29) is 5.41 Å². The number of imidazole rings is 1. The molecule has 4 nitrogen and oxygen atoms in total. The average Bonchev–Trinajstić information content (AvgIpc) is 2.85. The summed E-state index contributed by atoms with van der Waals surface area (Å²) in [5.41, 5.74) is 2.11.